The molecule has 0 radical (unpaired) electrons. The van der Waals surface area contributed by atoms with Gasteiger partial charge in [-0.05, 0) is 35.0 Å². The van der Waals surface area contributed by atoms with Gasteiger partial charge in [-0.2, -0.15) is 5.10 Å². The number of amides is 2. The van der Waals surface area contributed by atoms with E-state index in [1.54, 1.807) is 30.7 Å². The monoisotopic (exact) mass is 386 g/mol. The molecule has 2 aromatic heterocycles. The van der Waals surface area contributed by atoms with Crippen molar-refractivity contribution in [2.45, 2.75) is 6.42 Å². The van der Waals surface area contributed by atoms with Crippen LogP contribution in [0.5, 0.6) is 0 Å². The van der Waals surface area contributed by atoms with Gasteiger partial charge in [-0.15, -0.1) is 0 Å². The molecule has 8 nitrogen and oxygen atoms in total. The summed E-state index contributed by atoms with van der Waals surface area (Å²) in [6, 6.07) is 16.8. The van der Waals surface area contributed by atoms with Gasteiger partial charge in [0.25, 0.3) is 5.91 Å². The van der Waals surface area contributed by atoms with Gasteiger partial charge >= 0.3 is 0 Å². The molecule has 0 fully saturated rings. The molecule has 144 valence electrons. The second kappa shape index (κ2) is 8.30. The van der Waals surface area contributed by atoms with E-state index >= 15 is 0 Å². The number of hydrogen-bond donors (Lipinski definition) is 2. The van der Waals surface area contributed by atoms with Crippen molar-refractivity contribution in [2.24, 2.45) is 0 Å². The first-order valence-corrected chi connectivity index (χ1v) is 9.07. The Balaban J connectivity index is 1.27. The van der Waals surface area contributed by atoms with E-state index in [0.29, 0.717) is 17.1 Å². The Kier molecular flexibility index (Phi) is 5.24. The summed E-state index contributed by atoms with van der Waals surface area (Å²) in [6.07, 6.45) is 4.66. The molecule has 29 heavy (non-hydrogen) atoms. The Morgan fingerprint density at radius 3 is 2.62 bits per heavy atom. The van der Waals surface area contributed by atoms with E-state index in [-0.39, 0.29) is 24.8 Å². The number of rotatable bonds is 6. The fourth-order valence-electron chi connectivity index (χ4n) is 2.87. The third kappa shape index (κ3) is 4.44. The van der Waals surface area contributed by atoms with E-state index < -0.39 is 0 Å². The van der Waals surface area contributed by atoms with Crippen molar-refractivity contribution in [1.82, 2.24) is 25.1 Å². The van der Waals surface area contributed by atoms with Gasteiger partial charge in [-0.25, -0.2) is 14.6 Å². The van der Waals surface area contributed by atoms with Gasteiger partial charge < -0.3 is 10.6 Å². The van der Waals surface area contributed by atoms with Gasteiger partial charge in [0.05, 0.1) is 11.9 Å². The Bertz CT molecular complexity index is 1140. The number of nitrogens with zero attached hydrogens (tertiary/aromatic N) is 4. The maximum atomic E-state index is 12.3. The summed E-state index contributed by atoms with van der Waals surface area (Å²) in [7, 11) is 0. The molecular weight excluding hydrogens is 368 g/mol. The molecule has 0 atom stereocenters. The average Bonchev–Trinajstić information content (AvgIpc) is 3.29. The summed E-state index contributed by atoms with van der Waals surface area (Å²) in [6.45, 7) is 0.238. The first-order valence-electron chi connectivity index (χ1n) is 9.07. The number of anilines is 1. The minimum absolute atomic E-state index is 0.157. The average molecular weight is 386 g/mol. The van der Waals surface area contributed by atoms with Crippen molar-refractivity contribution in [3.8, 4) is 5.82 Å². The van der Waals surface area contributed by atoms with Crippen molar-refractivity contribution >= 4 is 28.3 Å². The largest absolute Gasteiger partial charge is 0.352 e. The third-order valence-electron chi connectivity index (χ3n) is 4.33. The maximum Gasteiger partial charge on any atom is 0.251 e. The second-order valence-corrected chi connectivity index (χ2v) is 6.36. The second-order valence-electron chi connectivity index (χ2n) is 6.36. The predicted molar refractivity (Wildman–Crippen MR) is 109 cm³/mol. The van der Waals surface area contributed by atoms with Crippen LogP contribution in [0.15, 0.2) is 73.4 Å². The fourth-order valence-corrected chi connectivity index (χ4v) is 2.87. The van der Waals surface area contributed by atoms with Gasteiger partial charge in [0, 0.05) is 18.5 Å². The zero-order chi connectivity index (χ0) is 20.1. The van der Waals surface area contributed by atoms with E-state index in [4.69, 9.17) is 0 Å². The fraction of sp³-hybridized carbons (Fsp3) is 0.0952. The lowest BCUT2D eigenvalue weighted by Crippen LogP contribution is -2.27. The Morgan fingerprint density at radius 2 is 1.86 bits per heavy atom. The number of nitrogens with one attached hydrogen (secondary N) is 2. The lowest BCUT2D eigenvalue weighted by Gasteiger charge is -2.08. The summed E-state index contributed by atoms with van der Waals surface area (Å²) in [4.78, 5) is 32.5. The quantitative estimate of drug-likeness (QED) is 0.530. The van der Waals surface area contributed by atoms with Crippen molar-refractivity contribution in [2.75, 3.05) is 11.9 Å². The summed E-state index contributed by atoms with van der Waals surface area (Å²) >= 11 is 0. The molecule has 0 saturated carbocycles. The molecule has 0 unspecified atom stereocenters. The molecule has 0 aliphatic carbocycles. The minimum atomic E-state index is -0.209. The number of pyridine rings is 1. The number of fused-ring (bicyclic) bond motifs is 1. The highest BCUT2D eigenvalue weighted by Gasteiger charge is 2.08. The van der Waals surface area contributed by atoms with Crippen molar-refractivity contribution in [1.29, 1.82) is 0 Å². The molecule has 4 rings (SSSR count). The van der Waals surface area contributed by atoms with Crippen molar-refractivity contribution in [3.63, 3.8) is 0 Å². The van der Waals surface area contributed by atoms with Crippen LogP contribution in [0.2, 0.25) is 0 Å². The molecular formula is C21H18N6O2. The smallest absolute Gasteiger partial charge is 0.251 e. The van der Waals surface area contributed by atoms with E-state index in [9.17, 15) is 9.59 Å². The van der Waals surface area contributed by atoms with Crippen LogP contribution in [0.25, 0.3) is 16.6 Å². The standard InChI is InChI=1S/C21H18N6O2/c28-20(26-18-7-8-19(24-12-18)27-14-22-13-25-27)9-10-23-21(29)17-6-5-15-3-1-2-4-16(15)11-17/h1-8,11-14H,9-10H2,(H,23,29)(H,26,28). The van der Waals surface area contributed by atoms with Crippen molar-refractivity contribution in [3.05, 3.63) is 79.0 Å². The van der Waals surface area contributed by atoms with Crippen LogP contribution in [-0.4, -0.2) is 38.1 Å². The van der Waals surface area contributed by atoms with Gasteiger partial charge in [0.1, 0.15) is 12.7 Å². The first kappa shape index (κ1) is 18.3. The zero-order valence-corrected chi connectivity index (χ0v) is 15.4. The zero-order valence-electron chi connectivity index (χ0n) is 15.4. The molecule has 0 saturated heterocycles. The number of carbonyl (C=O) groups excluding carboxylic acids is 2. The lowest BCUT2D eigenvalue weighted by molar-refractivity contribution is -0.116. The molecule has 2 amide bonds. The lowest BCUT2D eigenvalue weighted by atomic mass is 10.1. The van der Waals surface area contributed by atoms with Crippen LogP contribution < -0.4 is 10.6 Å². The molecule has 8 heteroatoms. The van der Waals surface area contributed by atoms with Crippen LogP contribution in [0.4, 0.5) is 5.69 Å². The highest BCUT2D eigenvalue weighted by atomic mass is 16.2. The van der Waals surface area contributed by atoms with Crippen LogP contribution in [-0.2, 0) is 4.79 Å². The normalized spacial score (nSPS) is 10.6. The van der Waals surface area contributed by atoms with Gasteiger partial charge in [-0.3, -0.25) is 9.59 Å². The SMILES string of the molecule is O=C(CCNC(=O)c1ccc2ccccc2c1)Nc1ccc(-n2cncn2)nc1. The Hall–Kier alpha value is -4.07. The number of aromatic nitrogens is 4. The highest BCUT2D eigenvalue weighted by Crippen LogP contribution is 2.15. The summed E-state index contributed by atoms with van der Waals surface area (Å²) in [5.41, 5.74) is 1.14. The highest BCUT2D eigenvalue weighted by molar-refractivity contribution is 5.99. The van der Waals surface area contributed by atoms with Crippen LogP contribution >= 0.6 is 0 Å². The van der Waals surface area contributed by atoms with E-state index in [0.717, 1.165) is 10.8 Å². The summed E-state index contributed by atoms with van der Waals surface area (Å²) < 4.78 is 1.52. The molecule has 0 aliphatic rings. The molecule has 2 heterocycles. The predicted octanol–water partition coefficient (Wildman–Crippen LogP) is 2.57. The van der Waals surface area contributed by atoms with E-state index in [2.05, 4.69) is 25.7 Å². The van der Waals surface area contributed by atoms with Gasteiger partial charge in [0.15, 0.2) is 5.82 Å². The minimum Gasteiger partial charge on any atom is -0.352 e. The summed E-state index contributed by atoms with van der Waals surface area (Å²) in [5.74, 6) is 0.185. The topological polar surface area (TPSA) is 102 Å². The molecule has 0 bridgehead atoms. The van der Waals surface area contributed by atoms with Crippen LogP contribution in [0.1, 0.15) is 16.8 Å². The number of carbonyl (C=O) groups is 2. The van der Waals surface area contributed by atoms with Crippen LogP contribution in [0.3, 0.4) is 0 Å². The van der Waals surface area contributed by atoms with E-state index in [1.165, 1.54) is 11.0 Å². The molecule has 2 aromatic carbocycles. The molecule has 2 N–H and O–H groups in total. The Labute approximate surface area is 166 Å². The van der Waals surface area contributed by atoms with E-state index in [1.807, 2.05) is 36.4 Å². The summed E-state index contributed by atoms with van der Waals surface area (Å²) in [5, 5.41) is 11.6. The molecule has 0 spiro atoms. The van der Waals surface area contributed by atoms with Gasteiger partial charge in [0.2, 0.25) is 5.91 Å². The van der Waals surface area contributed by atoms with Crippen LogP contribution in [0, 0.1) is 0 Å². The molecule has 4 aromatic rings. The Morgan fingerprint density at radius 1 is 1.00 bits per heavy atom. The first-order chi connectivity index (χ1) is 14.2. The number of benzene rings is 2. The van der Waals surface area contributed by atoms with Gasteiger partial charge in [-0.1, -0.05) is 30.3 Å². The number of hydrogen-bond acceptors (Lipinski definition) is 5. The molecule has 0 aliphatic heterocycles. The maximum absolute atomic E-state index is 12.3. The third-order valence-corrected chi connectivity index (χ3v) is 4.33. The van der Waals surface area contributed by atoms with Crippen molar-refractivity contribution < 1.29 is 9.59 Å².